The van der Waals surface area contributed by atoms with Crippen LogP contribution in [0.25, 0.3) is 11.3 Å². The highest BCUT2D eigenvalue weighted by atomic mass is 16.3. The molecule has 2 aromatic rings. The van der Waals surface area contributed by atoms with Crippen molar-refractivity contribution in [1.29, 1.82) is 0 Å². The zero-order chi connectivity index (χ0) is 11.5. The third-order valence-electron chi connectivity index (χ3n) is 2.38. The lowest BCUT2D eigenvalue weighted by Crippen LogP contribution is -1.96. The van der Waals surface area contributed by atoms with Crippen LogP contribution in [-0.4, -0.2) is 15.2 Å². The SMILES string of the molecule is CC(O)c1cccc(-c2ccccc2O)n1. The van der Waals surface area contributed by atoms with Gasteiger partial charge in [0.25, 0.3) is 0 Å². The summed E-state index contributed by atoms with van der Waals surface area (Å²) in [5, 5.41) is 19.1. The van der Waals surface area contributed by atoms with Crippen molar-refractivity contribution >= 4 is 0 Å². The molecule has 0 amide bonds. The third kappa shape index (κ3) is 2.04. The molecule has 16 heavy (non-hydrogen) atoms. The molecule has 0 aliphatic carbocycles. The van der Waals surface area contributed by atoms with Crippen LogP contribution < -0.4 is 0 Å². The first-order valence-electron chi connectivity index (χ1n) is 5.12. The molecule has 1 heterocycles. The summed E-state index contributed by atoms with van der Waals surface area (Å²) in [6.45, 7) is 1.66. The summed E-state index contributed by atoms with van der Waals surface area (Å²) in [5.41, 5.74) is 1.93. The van der Waals surface area contributed by atoms with Crippen LogP contribution in [0.2, 0.25) is 0 Å². The summed E-state index contributed by atoms with van der Waals surface area (Å²) in [7, 11) is 0. The molecule has 3 nitrogen and oxygen atoms in total. The van der Waals surface area contributed by atoms with E-state index in [1.165, 1.54) is 0 Å². The van der Waals surface area contributed by atoms with Gasteiger partial charge in [-0.15, -0.1) is 0 Å². The maximum Gasteiger partial charge on any atom is 0.124 e. The number of aliphatic hydroxyl groups excluding tert-OH is 1. The predicted octanol–water partition coefficient (Wildman–Crippen LogP) is 2.51. The highest BCUT2D eigenvalue weighted by molar-refractivity contribution is 5.66. The Morgan fingerprint density at radius 3 is 2.50 bits per heavy atom. The van der Waals surface area contributed by atoms with Gasteiger partial charge in [-0.2, -0.15) is 0 Å². The molecule has 1 unspecified atom stereocenters. The molecule has 0 fully saturated rings. The van der Waals surface area contributed by atoms with Crippen LogP contribution in [0.4, 0.5) is 0 Å². The van der Waals surface area contributed by atoms with E-state index in [9.17, 15) is 10.2 Å². The second-order valence-corrected chi connectivity index (χ2v) is 3.64. The topological polar surface area (TPSA) is 53.4 Å². The van der Waals surface area contributed by atoms with Crippen LogP contribution in [0.5, 0.6) is 5.75 Å². The monoisotopic (exact) mass is 215 g/mol. The number of phenolic OH excluding ortho intramolecular Hbond substituents is 1. The first-order valence-corrected chi connectivity index (χ1v) is 5.12. The highest BCUT2D eigenvalue weighted by Crippen LogP contribution is 2.27. The molecular weight excluding hydrogens is 202 g/mol. The summed E-state index contributed by atoms with van der Waals surface area (Å²) in [4.78, 5) is 4.29. The number of benzene rings is 1. The number of rotatable bonds is 2. The zero-order valence-corrected chi connectivity index (χ0v) is 8.96. The van der Waals surface area contributed by atoms with Crippen LogP contribution in [0, 0.1) is 0 Å². The Bertz CT molecular complexity index is 495. The number of pyridine rings is 1. The van der Waals surface area contributed by atoms with Crippen molar-refractivity contribution in [3.63, 3.8) is 0 Å². The van der Waals surface area contributed by atoms with Crippen LogP contribution in [-0.2, 0) is 0 Å². The van der Waals surface area contributed by atoms with Gasteiger partial charge in [-0.25, -0.2) is 4.98 Å². The standard InChI is InChI=1S/C13H13NO2/c1-9(15)11-6-4-7-12(14-11)10-5-2-3-8-13(10)16/h2-9,15-16H,1H3. The normalized spacial score (nSPS) is 12.4. The van der Waals surface area contributed by atoms with Gasteiger partial charge in [-0.3, -0.25) is 0 Å². The fourth-order valence-electron chi connectivity index (χ4n) is 1.52. The summed E-state index contributed by atoms with van der Waals surface area (Å²) >= 11 is 0. The summed E-state index contributed by atoms with van der Waals surface area (Å²) in [5.74, 6) is 0.192. The Kier molecular flexibility index (Phi) is 2.88. The number of aliphatic hydroxyl groups is 1. The Morgan fingerprint density at radius 1 is 1.06 bits per heavy atom. The molecule has 1 aromatic carbocycles. The fraction of sp³-hybridized carbons (Fsp3) is 0.154. The van der Waals surface area contributed by atoms with Crippen molar-refractivity contribution < 1.29 is 10.2 Å². The first-order chi connectivity index (χ1) is 7.68. The molecule has 0 aliphatic heterocycles. The molecule has 2 N–H and O–H groups in total. The number of nitrogens with zero attached hydrogens (tertiary/aromatic N) is 1. The second-order valence-electron chi connectivity index (χ2n) is 3.64. The highest BCUT2D eigenvalue weighted by Gasteiger charge is 2.07. The minimum Gasteiger partial charge on any atom is -0.507 e. The van der Waals surface area contributed by atoms with Crippen molar-refractivity contribution in [3.05, 3.63) is 48.2 Å². The second kappa shape index (κ2) is 4.33. The van der Waals surface area contributed by atoms with E-state index in [1.54, 1.807) is 37.3 Å². The van der Waals surface area contributed by atoms with E-state index < -0.39 is 6.10 Å². The van der Waals surface area contributed by atoms with Crippen molar-refractivity contribution in [2.24, 2.45) is 0 Å². The Morgan fingerprint density at radius 2 is 1.81 bits per heavy atom. The minimum absolute atomic E-state index is 0.192. The van der Waals surface area contributed by atoms with Gasteiger partial charge in [0.2, 0.25) is 0 Å². The number of phenols is 1. The van der Waals surface area contributed by atoms with Gasteiger partial charge in [-0.1, -0.05) is 18.2 Å². The largest absolute Gasteiger partial charge is 0.507 e. The van der Waals surface area contributed by atoms with E-state index >= 15 is 0 Å². The molecule has 1 aromatic heterocycles. The van der Waals surface area contributed by atoms with Crippen LogP contribution in [0.15, 0.2) is 42.5 Å². The van der Waals surface area contributed by atoms with Gasteiger partial charge in [0.05, 0.1) is 17.5 Å². The van der Waals surface area contributed by atoms with E-state index in [1.807, 2.05) is 12.1 Å². The van der Waals surface area contributed by atoms with E-state index in [-0.39, 0.29) is 5.75 Å². The van der Waals surface area contributed by atoms with Crippen molar-refractivity contribution in [2.75, 3.05) is 0 Å². The summed E-state index contributed by atoms with van der Waals surface area (Å²) < 4.78 is 0. The fourth-order valence-corrected chi connectivity index (χ4v) is 1.52. The molecule has 82 valence electrons. The molecule has 1 atom stereocenters. The van der Waals surface area contributed by atoms with E-state index in [0.717, 1.165) is 0 Å². The van der Waals surface area contributed by atoms with Gasteiger partial charge >= 0.3 is 0 Å². The van der Waals surface area contributed by atoms with E-state index in [0.29, 0.717) is 17.0 Å². The van der Waals surface area contributed by atoms with Gasteiger partial charge in [0.15, 0.2) is 0 Å². The van der Waals surface area contributed by atoms with Crippen molar-refractivity contribution in [3.8, 4) is 17.0 Å². The lowest BCUT2D eigenvalue weighted by atomic mass is 10.1. The molecular formula is C13H13NO2. The van der Waals surface area contributed by atoms with Crippen LogP contribution >= 0.6 is 0 Å². The average Bonchev–Trinajstić information content (AvgIpc) is 2.30. The number of para-hydroxylation sites is 1. The molecule has 0 spiro atoms. The van der Waals surface area contributed by atoms with E-state index in [2.05, 4.69) is 4.98 Å². The predicted molar refractivity (Wildman–Crippen MR) is 62.0 cm³/mol. The molecule has 0 saturated carbocycles. The van der Waals surface area contributed by atoms with Crippen molar-refractivity contribution in [1.82, 2.24) is 4.98 Å². The minimum atomic E-state index is -0.606. The molecule has 0 bridgehead atoms. The smallest absolute Gasteiger partial charge is 0.124 e. The summed E-state index contributed by atoms with van der Waals surface area (Å²) in [6.07, 6.45) is -0.606. The van der Waals surface area contributed by atoms with Gasteiger partial charge in [0.1, 0.15) is 5.75 Å². The number of aromatic hydroxyl groups is 1. The summed E-state index contributed by atoms with van der Waals surface area (Å²) in [6, 6.07) is 12.4. The number of aromatic nitrogens is 1. The average molecular weight is 215 g/mol. The lowest BCUT2D eigenvalue weighted by molar-refractivity contribution is 0.194. The molecule has 0 aliphatic rings. The van der Waals surface area contributed by atoms with Gasteiger partial charge < -0.3 is 10.2 Å². The maximum atomic E-state index is 9.69. The third-order valence-corrected chi connectivity index (χ3v) is 2.38. The molecule has 2 rings (SSSR count). The zero-order valence-electron chi connectivity index (χ0n) is 8.96. The Hall–Kier alpha value is -1.87. The number of hydrogen-bond donors (Lipinski definition) is 2. The maximum absolute atomic E-state index is 9.69. The molecule has 0 saturated heterocycles. The number of hydrogen-bond acceptors (Lipinski definition) is 3. The van der Waals surface area contributed by atoms with E-state index in [4.69, 9.17) is 0 Å². The van der Waals surface area contributed by atoms with Crippen LogP contribution in [0.1, 0.15) is 18.7 Å². The lowest BCUT2D eigenvalue weighted by Gasteiger charge is -2.07. The van der Waals surface area contributed by atoms with Crippen LogP contribution in [0.3, 0.4) is 0 Å². The first kappa shape index (κ1) is 10.6. The Labute approximate surface area is 94.0 Å². The van der Waals surface area contributed by atoms with Crippen molar-refractivity contribution in [2.45, 2.75) is 13.0 Å². The molecule has 3 heteroatoms. The quantitative estimate of drug-likeness (QED) is 0.809. The van der Waals surface area contributed by atoms with Gasteiger partial charge in [-0.05, 0) is 31.2 Å². The Balaban J connectivity index is 2.49. The van der Waals surface area contributed by atoms with Gasteiger partial charge in [0, 0.05) is 5.56 Å². The molecule has 0 radical (unpaired) electrons.